The SMILES string of the molecule is NC(CC(=O)N1CCC2CN(S(=O)(=O)C3CC3)CC21)Cc1cc(F)c(F)cc1F. The number of rotatable bonds is 6. The summed E-state index contributed by atoms with van der Waals surface area (Å²) in [5, 5.41) is -0.273. The first kappa shape index (κ1) is 20.6. The third kappa shape index (κ3) is 4.02. The molecule has 1 aromatic carbocycles. The van der Waals surface area contributed by atoms with Crippen LogP contribution in [0.3, 0.4) is 0 Å². The van der Waals surface area contributed by atoms with Crippen LogP contribution in [0.15, 0.2) is 12.1 Å². The number of hydrogen-bond acceptors (Lipinski definition) is 4. The van der Waals surface area contributed by atoms with Crippen LogP contribution >= 0.6 is 0 Å². The van der Waals surface area contributed by atoms with Crippen LogP contribution in [0.2, 0.25) is 0 Å². The number of benzene rings is 1. The van der Waals surface area contributed by atoms with Gasteiger partial charge >= 0.3 is 0 Å². The summed E-state index contributed by atoms with van der Waals surface area (Å²) in [4.78, 5) is 14.4. The largest absolute Gasteiger partial charge is 0.338 e. The molecule has 10 heteroatoms. The monoisotopic (exact) mass is 431 g/mol. The Kier molecular flexibility index (Phi) is 5.37. The van der Waals surface area contributed by atoms with Gasteiger partial charge in [-0.3, -0.25) is 4.79 Å². The van der Waals surface area contributed by atoms with Gasteiger partial charge in [0.2, 0.25) is 15.9 Å². The Morgan fingerprint density at radius 3 is 2.48 bits per heavy atom. The number of halogens is 3. The summed E-state index contributed by atoms with van der Waals surface area (Å²) in [7, 11) is -3.27. The molecule has 29 heavy (non-hydrogen) atoms. The van der Waals surface area contributed by atoms with E-state index in [1.807, 2.05) is 0 Å². The van der Waals surface area contributed by atoms with E-state index in [0.717, 1.165) is 12.5 Å². The smallest absolute Gasteiger partial charge is 0.224 e. The molecule has 1 saturated carbocycles. The van der Waals surface area contributed by atoms with E-state index >= 15 is 0 Å². The van der Waals surface area contributed by atoms with Crippen molar-refractivity contribution in [1.29, 1.82) is 0 Å². The molecule has 2 heterocycles. The van der Waals surface area contributed by atoms with Gasteiger partial charge in [0.1, 0.15) is 5.82 Å². The van der Waals surface area contributed by atoms with Crippen LogP contribution in [-0.4, -0.2) is 60.5 Å². The van der Waals surface area contributed by atoms with E-state index in [1.165, 1.54) is 4.31 Å². The minimum Gasteiger partial charge on any atom is -0.338 e. The van der Waals surface area contributed by atoms with Crippen LogP contribution in [0.25, 0.3) is 0 Å². The van der Waals surface area contributed by atoms with Gasteiger partial charge in [-0.05, 0) is 43.2 Å². The number of sulfonamides is 1. The van der Waals surface area contributed by atoms with Crippen molar-refractivity contribution < 1.29 is 26.4 Å². The number of hydrogen-bond donors (Lipinski definition) is 1. The third-order valence-electron chi connectivity index (χ3n) is 6.15. The first-order chi connectivity index (χ1) is 13.7. The highest BCUT2D eigenvalue weighted by molar-refractivity contribution is 7.90. The van der Waals surface area contributed by atoms with Crippen molar-refractivity contribution in [1.82, 2.24) is 9.21 Å². The fourth-order valence-corrected chi connectivity index (χ4v) is 6.35. The highest BCUT2D eigenvalue weighted by Crippen LogP contribution is 2.38. The number of fused-ring (bicyclic) bond motifs is 1. The Labute approximate surface area is 167 Å². The van der Waals surface area contributed by atoms with E-state index in [9.17, 15) is 26.4 Å². The van der Waals surface area contributed by atoms with Crippen molar-refractivity contribution in [2.75, 3.05) is 19.6 Å². The fourth-order valence-electron chi connectivity index (χ4n) is 4.43. The van der Waals surface area contributed by atoms with Crippen LogP contribution in [0.4, 0.5) is 13.2 Å². The summed E-state index contributed by atoms with van der Waals surface area (Å²) >= 11 is 0. The van der Waals surface area contributed by atoms with Gasteiger partial charge in [0.25, 0.3) is 0 Å². The van der Waals surface area contributed by atoms with E-state index in [4.69, 9.17) is 5.73 Å². The second-order valence-corrected chi connectivity index (χ2v) is 10.5. The van der Waals surface area contributed by atoms with Crippen molar-refractivity contribution in [2.24, 2.45) is 11.7 Å². The van der Waals surface area contributed by atoms with Gasteiger partial charge in [-0.2, -0.15) is 4.31 Å². The van der Waals surface area contributed by atoms with E-state index < -0.39 is 33.5 Å². The average molecular weight is 431 g/mol. The van der Waals surface area contributed by atoms with Crippen LogP contribution in [0, 0.1) is 23.4 Å². The summed E-state index contributed by atoms with van der Waals surface area (Å²) in [6.07, 6.45) is 1.97. The lowest BCUT2D eigenvalue weighted by Gasteiger charge is -2.26. The molecule has 1 amide bonds. The van der Waals surface area contributed by atoms with Gasteiger partial charge < -0.3 is 10.6 Å². The van der Waals surface area contributed by atoms with Crippen LogP contribution in [0.5, 0.6) is 0 Å². The minimum atomic E-state index is -3.27. The molecule has 0 spiro atoms. The van der Waals surface area contributed by atoms with Crippen molar-refractivity contribution in [3.63, 3.8) is 0 Å². The van der Waals surface area contributed by atoms with Gasteiger partial charge in [-0.25, -0.2) is 21.6 Å². The second-order valence-electron chi connectivity index (χ2n) is 8.29. The molecule has 6 nitrogen and oxygen atoms in total. The summed E-state index contributed by atoms with van der Waals surface area (Å²) in [5.41, 5.74) is 5.90. The standard InChI is InChI=1S/C19H24F3N3O3S/c20-15-8-17(22)16(21)6-12(15)5-13(23)7-19(26)25-4-3-11-9-24(10-18(11)25)29(27,28)14-1-2-14/h6,8,11,13-14,18H,1-5,7,9-10,23H2. The van der Waals surface area contributed by atoms with E-state index in [2.05, 4.69) is 0 Å². The Morgan fingerprint density at radius 2 is 1.79 bits per heavy atom. The van der Waals surface area contributed by atoms with Crippen LogP contribution in [0.1, 0.15) is 31.2 Å². The number of amides is 1. The number of likely N-dealkylation sites (tertiary alicyclic amines) is 1. The third-order valence-corrected chi connectivity index (χ3v) is 8.48. The quantitative estimate of drug-likeness (QED) is 0.690. The molecule has 3 unspecified atom stereocenters. The predicted octanol–water partition coefficient (Wildman–Crippen LogP) is 1.39. The maximum atomic E-state index is 13.8. The van der Waals surface area contributed by atoms with E-state index in [1.54, 1.807) is 4.90 Å². The summed E-state index contributed by atoms with van der Waals surface area (Å²) < 4.78 is 66.7. The summed E-state index contributed by atoms with van der Waals surface area (Å²) in [5.74, 6) is -3.44. The van der Waals surface area contributed by atoms with Gasteiger partial charge in [0.05, 0.1) is 5.25 Å². The zero-order valence-electron chi connectivity index (χ0n) is 15.9. The summed E-state index contributed by atoms with van der Waals surface area (Å²) in [6, 6.07) is 0.313. The van der Waals surface area contributed by atoms with Crippen molar-refractivity contribution in [3.8, 4) is 0 Å². The molecule has 1 aromatic rings. The molecule has 2 saturated heterocycles. The first-order valence-corrected chi connectivity index (χ1v) is 11.3. The molecule has 3 aliphatic rings. The Balaban J connectivity index is 1.37. The van der Waals surface area contributed by atoms with Gasteiger partial charge in [-0.1, -0.05) is 0 Å². The zero-order valence-corrected chi connectivity index (χ0v) is 16.7. The Bertz CT molecular complexity index is 923. The van der Waals surface area contributed by atoms with Gasteiger partial charge in [0, 0.05) is 44.2 Å². The van der Waals surface area contributed by atoms with Crippen LogP contribution < -0.4 is 5.73 Å². The van der Waals surface area contributed by atoms with Crippen molar-refractivity contribution in [3.05, 3.63) is 35.1 Å². The number of nitrogens with zero attached hydrogens (tertiary/aromatic N) is 2. The van der Waals surface area contributed by atoms with Crippen molar-refractivity contribution in [2.45, 2.75) is 49.4 Å². The molecule has 0 radical (unpaired) electrons. The lowest BCUT2D eigenvalue weighted by molar-refractivity contribution is -0.132. The molecule has 160 valence electrons. The molecule has 1 aliphatic carbocycles. The number of carbonyl (C=O) groups excluding carboxylic acids is 1. The Morgan fingerprint density at radius 1 is 1.10 bits per heavy atom. The first-order valence-electron chi connectivity index (χ1n) is 9.84. The maximum Gasteiger partial charge on any atom is 0.224 e. The highest BCUT2D eigenvalue weighted by Gasteiger charge is 2.50. The molecular formula is C19H24F3N3O3S. The molecule has 3 atom stereocenters. The van der Waals surface area contributed by atoms with Crippen molar-refractivity contribution >= 4 is 15.9 Å². The highest BCUT2D eigenvalue weighted by atomic mass is 32.2. The molecule has 2 N–H and O–H groups in total. The predicted molar refractivity (Wildman–Crippen MR) is 99.7 cm³/mol. The molecule has 0 aromatic heterocycles. The van der Waals surface area contributed by atoms with E-state index in [0.29, 0.717) is 38.5 Å². The zero-order chi connectivity index (χ0) is 20.9. The molecule has 2 aliphatic heterocycles. The van der Waals surface area contributed by atoms with E-state index in [-0.39, 0.29) is 41.5 Å². The normalized spacial score (nSPS) is 26.0. The Hall–Kier alpha value is -1.65. The number of nitrogens with two attached hydrogens (primary N) is 1. The summed E-state index contributed by atoms with van der Waals surface area (Å²) in [6.45, 7) is 1.29. The lowest BCUT2D eigenvalue weighted by atomic mass is 10.0. The minimum absolute atomic E-state index is 0.0724. The topological polar surface area (TPSA) is 83.7 Å². The molecular weight excluding hydrogens is 407 g/mol. The fraction of sp³-hybridized carbons (Fsp3) is 0.632. The van der Waals surface area contributed by atoms with Crippen LogP contribution in [-0.2, 0) is 21.2 Å². The van der Waals surface area contributed by atoms with Gasteiger partial charge in [-0.15, -0.1) is 0 Å². The molecule has 4 rings (SSSR count). The molecule has 3 fully saturated rings. The lowest BCUT2D eigenvalue weighted by Crippen LogP contribution is -2.43. The maximum absolute atomic E-state index is 13.8. The second kappa shape index (κ2) is 7.55. The van der Waals surface area contributed by atoms with Gasteiger partial charge in [0.15, 0.2) is 11.6 Å². The number of carbonyl (C=O) groups is 1. The molecule has 0 bridgehead atoms. The average Bonchev–Trinajstić information content (AvgIpc) is 3.30.